The molecule has 1 saturated heterocycles. The zero-order valence-electron chi connectivity index (χ0n) is 16.8. The van der Waals surface area contributed by atoms with Gasteiger partial charge in [-0.2, -0.15) is 0 Å². The minimum atomic E-state index is -0.322. The summed E-state index contributed by atoms with van der Waals surface area (Å²) < 4.78 is 5.83. The van der Waals surface area contributed by atoms with Gasteiger partial charge in [0.25, 0.3) is 6.02 Å². The Morgan fingerprint density at radius 3 is 3.10 bits per heavy atom. The second kappa shape index (κ2) is 5.86. The van der Waals surface area contributed by atoms with E-state index in [9.17, 15) is 0 Å². The lowest BCUT2D eigenvalue weighted by Crippen LogP contribution is -2.52. The Bertz CT molecular complexity index is 1020. The smallest absolute Gasteiger partial charge is 0.283 e. The molecule has 3 unspecified atom stereocenters. The van der Waals surface area contributed by atoms with Gasteiger partial charge < -0.3 is 26.0 Å². The number of nitrogens with zero attached hydrogens (tertiary/aromatic N) is 3. The number of allylic oxidation sites excluding steroid dienone is 2. The van der Waals surface area contributed by atoms with Gasteiger partial charge in [0.15, 0.2) is 5.60 Å². The molecule has 1 aromatic rings. The highest BCUT2D eigenvalue weighted by molar-refractivity contribution is 5.95. The molecule has 7 heteroatoms. The highest BCUT2D eigenvalue weighted by Crippen LogP contribution is 2.59. The van der Waals surface area contributed by atoms with Crippen LogP contribution < -0.4 is 16.4 Å². The molecule has 7 nitrogen and oxygen atoms in total. The summed E-state index contributed by atoms with van der Waals surface area (Å²) in [5.41, 5.74) is 11.2. The van der Waals surface area contributed by atoms with Gasteiger partial charge in [-0.1, -0.05) is 12.1 Å². The van der Waals surface area contributed by atoms with E-state index >= 15 is 0 Å². The third-order valence-electron chi connectivity index (χ3n) is 6.70. The Labute approximate surface area is 170 Å². The number of benzene rings is 1. The molecule has 3 aliphatic heterocycles. The Morgan fingerprint density at radius 1 is 1.34 bits per heavy atom. The van der Waals surface area contributed by atoms with Crippen molar-refractivity contribution in [1.29, 1.82) is 0 Å². The number of anilines is 1. The van der Waals surface area contributed by atoms with E-state index in [0.29, 0.717) is 12.1 Å². The van der Waals surface area contributed by atoms with Crippen LogP contribution in [-0.2, 0) is 4.74 Å². The van der Waals surface area contributed by atoms with Crippen molar-refractivity contribution >= 4 is 28.8 Å². The average Bonchev–Trinajstić information content (AvgIpc) is 3.15. The van der Waals surface area contributed by atoms with Gasteiger partial charge in [-0.3, -0.25) is 0 Å². The molecule has 4 N–H and O–H groups in total. The van der Waals surface area contributed by atoms with Gasteiger partial charge in [-0.25, -0.2) is 9.98 Å². The largest absolute Gasteiger partial charge is 0.451 e. The lowest BCUT2D eigenvalue weighted by Gasteiger charge is -2.35. The summed E-state index contributed by atoms with van der Waals surface area (Å²) in [6.07, 6.45) is 4.51. The molecule has 6 rings (SSSR count). The first-order valence-electron chi connectivity index (χ1n) is 10.4. The standard InChI is InChI=1S/C22H26N6O/c1-12-9-22-16(20(22)27-21(23)29-22)8-15(12)14-3-4-17-18(7-14)26-19(10-25-17)28-6-5-24-13(2)11-28/h3-4,7-9,13,16,20,24-25H,5-6,10-11H2,1-2H3,(H2,23,27)/t13-,16?,20?,22?/m0/s1. The number of piperazine rings is 1. The number of ether oxygens (including phenoxy) is 1. The van der Waals surface area contributed by atoms with Gasteiger partial charge in [-0.05, 0) is 48.8 Å². The maximum Gasteiger partial charge on any atom is 0.283 e. The summed E-state index contributed by atoms with van der Waals surface area (Å²) in [5, 5.41) is 7.04. The molecule has 0 amide bonds. The minimum absolute atomic E-state index is 0.133. The molecule has 0 bridgehead atoms. The summed E-state index contributed by atoms with van der Waals surface area (Å²) in [5.74, 6) is 1.41. The zero-order valence-corrected chi connectivity index (χ0v) is 16.8. The molecule has 150 valence electrons. The van der Waals surface area contributed by atoms with E-state index in [1.54, 1.807) is 0 Å². The van der Waals surface area contributed by atoms with Crippen molar-refractivity contribution in [2.24, 2.45) is 21.6 Å². The van der Waals surface area contributed by atoms with Crippen LogP contribution in [0.15, 0.2) is 45.9 Å². The SMILES string of the molecule is CC1=CC23OC(N)=NC2C3C=C1c1ccc2c(c1)N=C(N1CCN[C@@H](C)C1)CN2. The van der Waals surface area contributed by atoms with E-state index < -0.39 is 0 Å². The number of hydrogen-bond donors (Lipinski definition) is 3. The fourth-order valence-corrected chi connectivity index (χ4v) is 5.17. The highest BCUT2D eigenvalue weighted by Gasteiger charge is 2.70. The summed E-state index contributed by atoms with van der Waals surface area (Å²) in [6.45, 7) is 8.14. The third-order valence-corrected chi connectivity index (χ3v) is 6.70. The number of nitrogens with two attached hydrogens (primary N) is 1. The lowest BCUT2D eigenvalue weighted by molar-refractivity contribution is 0.211. The quantitative estimate of drug-likeness (QED) is 0.681. The number of fused-ring (bicyclic) bond motifs is 2. The summed E-state index contributed by atoms with van der Waals surface area (Å²) in [6, 6.07) is 7.46. The van der Waals surface area contributed by atoms with Crippen LogP contribution in [0.25, 0.3) is 5.57 Å². The van der Waals surface area contributed by atoms with Crippen LogP contribution in [-0.4, -0.2) is 60.6 Å². The fourth-order valence-electron chi connectivity index (χ4n) is 5.17. The highest BCUT2D eigenvalue weighted by atomic mass is 16.5. The predicted molar refractivity (Wildman–Crippen MR) is 116 cm³/mol. The molecular weight excluding hydrogens is 364 g/mol. The molecule has 4 atom stereocenters. The van der Waals surface area contributed by atoms with Crippen molar-refractivity contribution in [3.8, 4) is 0 Å². The second-order valence-electron chi connectivity index (χ2n) is 8.72. The molecule has 1 saturated carbocycles. The molecule has 0 aromatic heterocycles. The zero-order chi connectivity index (χ0) is 19.8. The monoisotopic (exact) mass is 390 g/mol. The normalized spacial score (nSPS) is 34.4. The van der Waals surface area contributed by atoms with Crippen molar-refractivity contribution in [2.75, 3.05) is 31.5 Å². The predicted octanol–water partition coefficient (Wildman–Crippen LogP) is 1.86. The van der Waals surface area contributed by atoms with E-state index in [1.165, 1.54) is 16.7 Å². The van der Waals surface area contributed by atoms with Crippen LogP contribution in [0.2, 0.25) is 0 Å². The van der Waals surface area contributed by atoms with Gasteiger partial charge in [0, 0.05) is 25.7 Å². The number of rotatable bonds is 1. The van der Waals surface area contributed by atoms with Crippen LogP contribution in [0.5, 0.6) is 0 Å². The van der Waals surface area contributed by atoms with E-state index in [2.05, 4.69) is 64.7 Å². The van der Waals surface area contributed by atoms with Gasteiger partial charge in [0.2, 0.25) is 0 Å². The maximum absolute atomic E-state index is 5.83. The second-order valence-corrected chi connectivity index (χ2v) is 8.72. The Balaban J connectivity index is 1.31. The molecule has 2 aliphatic carbocycles. The minimum Gasteiger partial charge on any atom is -0.451 e. The van der Waals surface area contributed by atoms with Crippen LogP contribution in [0, 0.1) is 5.92 Å². The van der Waals surface area contributed by atoms with Crippen molar-refractivity contribution in [1.82, 2.24) is 10.2 Å². The lowest BCUT2D eigenvalue weighted by atomic mass is 9.91. The van der Waals surface area contributed by atoms with E-state index in [0.717, 1.165) is 43.4 Å². The average molecular weight is 390 g/mol. The molecular formula is C22H26N6O. The molecule has 2 fully saturated rings. The summed E-state index contributed by atoms with van der Waals surface area (Å²) in [4.78, 5) is 11.9. The first-order valence-corrected chi connectivity index (χ1v) is 10.4. The van der Waals surface area contributed by atoms with Gasteiger partial charge in [-0.15, -0.1) is 0 Å². The van der Waals surface area contributed by atoms with Gasteiger partial charge >= 0.3 is 0 Å². The molecule has 1 aromatic carbocycles. The van der Waals surface area contributed by atoms with Crippen LogP contribution in [0.1, 0.15) is 19.4 Å². The number of nitrogens with one attached hydrogen (secondary N) is 2. The topological polar surface area (TPSA) is 87.3 Å². The summed E-state index contributed by atoms with van der Waals surface area (Å²) in [7, 11) is 0. The Kier molecular flexibility index (Phi) is 3.45. The molecule has 3 heterocycles. The van der Waals surface area contributed by atoms with Crippen molar-refractivity contribution < 1.29 is 4.74 Å². The molecule has 5 aliphatic rings. The van der Waals surface area contributed by atoms with Gasteiger partial charge in [0.05, 0.1) is 23.8 Å². The van der Waals surface area contributed by atoms with Crippen LogP contribution in [0.3, 0.4) is 0 Å². The van der Waals surface area contributed by atoms with Gasteiger partial charge in [0.1, 0.15) is 11.9 Å². The van der Waals surface area contributed by atoms with E-state index in [4.69, 9.17) is 15.5 Å². The van der Waals surface area contributed by atoms with E-state index in [-0.39, 0.29) is 17.6 Å². The van der Waals surface area contributed by atoms with Crippen LogP contribution >= 0.6 is 0 Å². The molecule has 29 heavy (non-hydrogen) atoms. The number of hydrogen-bond acceptors (Lipinski definition) is 7. The fraction of sp³-hybridized carbons (Fsp3) is 0.455. The first kappa shape index (κ1) is 17.1. The Morgan fingerprint density at radius 2 is 2.24 bits per heavy atom. The molecule has 1 spiro atoms. The Hall–Kier alpha value is -2.80. The van der Waals surface area contributed by atoms with Crippen molar-refractivity contribution in [3.63, 3.8) is 0 Å². The third kappa shape index (κ3) is 2.53. The van der Waals surface area contributed by atoms with Crippen LogP contribution in [0.4, 0.5) is 11.4 Å². The van der Waals surface area contributed by atoms with Crippen molar-refractivity contribution in [3.05, 3.63) is 41.5 Å². The first-order chi connectivity index (χ1) is 14.0. The number of aliphatic imine (C=N–C) groups is 2. The maximum atomic E-state index is 5.83. The number of amidine groups is 2. The summed E-state index contributed by atoms with van der Waals surface area (Å²) >= 11 is 0. The van der Waals surface area contributed by atoms with E-state index in [1.807, 2.05) is 0 Å². The molecule has 0 radical (unpaired) electrons. The van der Waals surface area contributed by atoms with Crippen molar-refractivity contribution in [2.45, 2.75) is 31.5 Å².